The van der Waals surface area contributed by atoms with Crippen LogP contribution in [-0.4, -0.2) is 10.9 Å². The number of aryl methyl sites for hydroxylation is 1. The van der Waals surface area contributed by atoms with Crippen molar-refractivity contribution in [2.75, 3.05) is 5.32 Å². The van der Waals surface area contributed by atoms with Gasteiger partial charge in [0.05, 0.1) is 5.56 Å². The number of pyridine rings is 1. The van der Waals surface area contributed by atoms with E-state index in [0.29, 0.717) is 5.69 Å². The van der Waals surface area contributed by atoms with Crippen molar-refractivity contribution in [3.05, 3.63) is 58.1 Å². The van der Waals surface area contributed by atoms with Crippen molar-refractivity contribution in [2.24, 2.45) is 0 Å². The molecule has 2 rings (SSSR count). The van der Waals surface area contributed by atoms with Crippen LogP contribution in [0.4, 0.5) is 10.1 Å². The Labute approximate surface area is 112 Å². The van der Waals surface area contributed by atoms with Gasteiger partial charge < -0.3 is 5.32 Å². The third-order valence-corrected chi connectivity index (χ3v) is 2.94. The highest BCUT2D eigenvalue weighted by atomic mass is 79.9. The van der Waals surface area contributed by atoms with Crippen LogP contribution in [0.25, 0.3) is 0 Å². The van der Waals surface area contributed by atoms with Gasteiger partial charge in [-0.25, -0.2) is 4.98 Å². The van der Waals surface area contributed by atoms with Gasteiger partial charge >= 0.3 is 0 Å². The minimum Gasteiger partial charge on any atom is -0.322 e. The molecule has 18 heavy (non-hydrogen) atoms. The molecule has 1 N–H and O–H groups in total. The molecule has 1 aromatic carbocycles. The summed E-state index contributed by atoms with van der Waals surface area (Å²) in [6, 6.07) is 8.41. The number of hydrogen-bond acceptors (Lipinski definition) is 2. The Bertz CT molecular complexity index is 601. The molecule has 0 spiro atoms. The molecule has 0 atom stereocenters. The molecule has 0 bridgehead atoms. The molecule has 0 unspecified atom stereocenters. The number of carbonyl (C=O) groups excluding carboxylic acids is 1. The Balaban J connectivity index is 2.27. The average Bonchev–Trinajstić information content (AvgIpc) is 2.34. The molecular formula is C13H10BrFN2O. The average molecular weight is 309 g/mol. The fourth-order valence-corrected chi connectivity index (χ4v) is 1.84. The summed E-state index contributed by atoms with van der Waals surface area (Å²) in [4.78, 5) is 15.3. The first kappa shape index (κ1) is 12.7. The van der Waals surface area contributed by atoms with E-state index in [2.05, 4.69) is 26.2 Å². The quantitative estimate of drug-likeness (QED) is 0.862. The van der Waals surface area contributed by atoms with E-state index in [9.17, 15) is 9.18 Å². The van der Waals surface area contributed by atoms with Gasteiger partial charge in [-0.1, -0.05) is 22.0 Å². The summed E-state index contributed by atoms with van der Waals surface area (Å²) < 4.78 is 14.2. The summed E-state index contributed by atoms with van der Waals surface area (Å²) >= 11 is 3.32. The minimum atomic E-state index is -0.775. The fraction of sp³-hybridized carbons (Fsp3) is 0.0769. The Morgan fingerprint density at radius 1 is 1.39 bits per heavy atom. The summed E-state index contributed by atoms with van der Waals surface area (Å²) in [5, 5.41) is 2.66. The standard InChI is InChI=1S/C13H10BrFN2O/c1-8-4-5-9(14)7-11(8)17-13(18)10-3-2-6-16-12(10)15/h2-7H,1H3,(H,17,18). The van der Waals surface area contributed by atoms with E-state index in [1.165, 1.54) is 18.3 Å². The molecule has 0 aliphatic rings. The summed E-state index contributed by atoms with van der Waals surface area (Å²) in [5.74, 6) is -1.29. The lowest BCUT2D eigenvalue weighted by Crippen LogP contribution is -2.15. The van der Waals surface area contributed by atoms with E-state index in [1.807, 2.05) is 19.1 Å². The van der Waals surface area contributed by atoms with Gasteiger partial charge in [0, 0.05) is 16.4 Å². The number of amides is 1. The monoisotopic (exact) mass is 308 g/mol. The molecule has 1 aromatic heterocycles. The fourth-order valence-electron chi connectivity index (χ4n) is 1.47. The molecule has 0 radical (unpaired) electrons. The van der Waals surface area contributed by atoms with E-state index >= 15 is 0 Å². The maximum Gasteiger partial charge on any atom is 0.260 e. The van der Waals surface area contributed by atoms with Crippen LogP contribution in [0.1, 0.15) is 15.9 Å². The van der Waals surface area contributed by atoms with Crippen LogP contribution in [-0.2, 0) is 0 Å². The predicted octanol–water partition coefficient (Wildman–Crippen LogP) is 3.54. The summed E-state index contributed by atoms with van der Waals surface area (Å²) in [6.07, 6.45) is 1.30. The third-order valence-electron chi connectivity index (χ3n) is 2.45. The lowest BCUT2D eigenvalue weighted by Gasteiger charge is -2.09. The smallest absolute Gasteiger partial charge is 0.260 e. The lowest BCUT2D eigenvalue weighted by atomic mass is 10.2. The zero-order valence-electron chi connectivity index (χ0n) is 9.58. The van der Waals surface area contributed by atoms with Crippen molar-refractivity contribution in [2.45, 2.75) is 6.92 Å². The third kappa shape index (κ3) is 2.73. The number of rotatable bonds is 2. The van der Waals surface area contributed by atoms with Gasteiger partial charge in [-0.3, -0.25) is 4.79 Å². The zero-order valence-corrected chi connectivity index (χ0v) is 11.2. The van der Waals surface area contributed by atoms with Crippen LogP contribution in [0, 0.1) is 12.9 Å². The summed E-state index contributed by atoms with van der Waals surface area (Å²) in [5.41, 5.74) is 1.46. The number of halogens is 2. The predicted molar refractivity (Wildman–Crippen MR) is 71.0 cm³/mol. The van der Waals surface area contributed by atoms with Crippen LogP contribution < -0.4 is 5.32 Å². The van der Waals surface area contributed by atoms with Crippen LogP contribution in [0.5, 0.6) is 0 Å². The maximum absolute atomic E-state index is 13.3. The van der Waals surface area contributed by atoms with E-state index < -0.39 is 11.9 Å². The largest absolute Gasteiger partial charge is 0.322 e. The molecule has 3 nitrogen and oxygen atoms in total. The van der Waals surface area contributed by atoms with Crippen molar-refractivity contribution in [1.82, 2.24) is 4.98 Å². The van der Waals surface area contributed by atoms with Gasteiger partial charge in [-0.2, -0.15) is 4.39 Å². The zero-order chi connectivity index (χ0) is 13.1. The Morgan fingerprint density at radius 2 is 2.17 bits per heavy atom. The molecule has 5 heteroatoms. The highest BCUT2D eigenvalue weighted by molar-refractivity contribution is 9.10. The van der Waals surface area contributed by atoms with Gasteiger partial charge in [0.1, 0.15) is 0 Å². The van der Waals surface area contributed by atoms with Crippen LogP contribution in [0.3, 0.4) is 0 Å². The normalized spacial score (nSPS) is 10.2. The number of nitrogens with one attached hydrogen (secondary N) is 1. The maximum atomic E-state index is 13.3. The Kier molecular flexibility index (Phi) is 3.72. The number of nitrogens with zero attached hydrogens (tertiary/aromatic N) is 1. The Hall–Kier alpha value is -1.75. The first-order valence-electron chi connectivity index (χ1n) is 5.26. The van der Waals surface area contributed by atoms with Crippen molar-refractivity contribution in [3.63, 3.8) is 0 Å². The number of hydrogen-bond donors (Lipinski definition) is 1. The summed E-state index contributed by atoms with van der Waals surface area (Å²) in [7, 11) is 0. The SMILES string of the molecule is Cc1ccc(Br)cc1NC(=O)c1cccnc1F. The second kappa shape index (κ2) is 5.27. The van der Waals surface area contributed by atoms with Crippen molar-refractivity contribution in [3.8, 4) is 0 Å². The number of anilines is 1. The topological polar surface area (TPSA) is 42.0 Å². The molecule has 1 heterocycles. The van der Waals surface area contributed by atoms with Crippen molar-refractivity contribution < 1.29 is 9.18 Å². The molecule has 0 aliphatic carbocycles. The first-order valence-corrected chi connectivity index (χ1v) is 6.05. The molecule has 92 valence electrons. The van der Waals surface area contributed by atoms with Crippen molar-refractivity contribution >= 4 is 27.5 Å². The van der Waals surface area contributed by atoms with E-state index in [-0.39, 0.29) is 5.56 Å². The number of benzene rings is 1. The van der Waals surface area contributed by atoms with Gasteiger partial charge in [0.15, 0.2) is 0 Å². The van der Waals surface area contributed by atoms with Gasteiger partial charge in [-0.05, 0) is 36.8 Å². The lowest BCUT2D eigenvalue weighted by molar-refractivity contribution is 0.102. The highest BCUT2D eigenvalue weighted by Gasteiger charge is 2.13. The molecule has 0 aliphatic heterocycles. The van der Waals surface area contributed by atoms with Crippen LogP contribution >= 0.6 is 15.9 Å². The van der Waals surface area contributed by atoms with Crippen LogP contribution in [0.15, 0.2) is 41.0 Å². The molecule has 1 amide bonds. The Morgan fingerprint density at radius 3 is 2.89 bits per heavy atom. The molecule has 0 saturated carbocycles. The minimum absolute atomic E-state index is 0.0723. The van der Waals surface area contributed by atoms with Crippen LogP contribution in [0.2, 0.25) is 0 Å². The molecule has 0 fully saturated rings. The van der Waals surface area contributed by atoms with Gasteiger partial charge in [-0.15, -0.1) is 0 Å². The summed E-state index contributed by atoms with van der Waals surface area (Å²) in [6.45, 7) is 1.86. The number of aromatic nitrogens is 1. The van der Waals surface area contributed by atoms with Crippen molar-refractivity contribution in [1.29, 1.82) is 0 Å². The molecule has 2 aromatic rings. The van der Waals surface area contributed by atoms with E-state index in [0.717, 1.165) is 10.0 Å². The van der Waals surface area contributed by atoms with Gasteiger partial charge in [0.2, 0.25) is 5.95 Å². The molecular weight excluding hydrogens is 299 g/mol. The van der Waals surface area contributed by atoms with E-state index in [1.54, 1.807) is 6.07 Å². The number of carbonyl (C=O) groups is 1. The second-order valence-corrected chi connectivity index (χ2v) is 4.67. The highest BCUT2D eigenvalue weighted by Crippen LogP contribution is 2.21. The van der Waals surface area contributed by atoms with E-state index in [4.69, 9.17) is 0 Å². The second-order valence-electron chi connectivity index (χ2n) is 3.76. The van der Waals surface area contributed by atoms with Gasteiger partial charge in [0.25, 0.3) is 5.91 Å². The first-order chi connectivity index (χ1) is 8.58. The molecule has 0 saturated heterocycles.